The number of ether oxygens (including phenoxy) is 1. The number of H-pyrrole nitrogens is 1. The van der Waals surface area contributed by atoms with Crippen molar-refractivity contribution in [2.75, 3.05) is 7.11 Å². The van der Waals surface area contributed by atoms with Crippen molar-refractivity contribution in [2.45, 2.75) is 26.4 Å². The molecule has 1 atom stereocenters. The smallest absolute Gasteiger partial charge is 0.268 e. The van der Waals surface area contributed by atoms with Crippen LogP contribution >= 0.6 is 0 Å². The monoisotopic (exact) mass is 222 g/mol. The Kier molecular flexibility index (Phi) is 3.69. The lowest BCUT2D eigenvalue weighted by atomic mass is 9.99. The van der Waals surface area contributed by atoms with Gasteiger partial charge in [0, 0.05) is 12.7 Å². The molecule has 2 N–H and O–H groups in total. The molecule has 86 valence electrons. The van der Waals surface area contributed by atoms with Crippen LogP contribution in [0.25, 0.3) is 0 Å². The first-order valence-electron chi connectivity index (χ1n) is 4.95. The van der Waals surface area contributed by atoms with Crippen molar-refractivity contribution in [3.05, 3.63) is 27.0 Å². The summed E-state index contributed by atoms with van der Waals surface area (Å²) < 4.78 is 5.20. The lowest BCUT2D eigenvalue weighted by Crippen LogP contribution is -2.16. The molecule has 1 unspecified atom stereocenters. The third kappa shape index (κ3) is 1.92. The number of aromatic nitrogens is 1. The fourth-order valence-electron chi connectivity index (χ4n) is 1.74. The maximum absolute atomic E-state index is 11.4. The van der Waals surface area contributed by atoms with Gasteiger partial charge in [0.05, 0.1) is 6.10 Å². The first-order valence-corrected chi connectivity index (χ1v) is 4.95. The number of methoxy groups -OCH3 is 1. The zero-order valence-electron chi connectivity index (χ0n) is 9.50. The summed E-state index contributed by atoms with van der Waals surface area (Å²) in [6, 6.07) is 1.82. The number of hydrogen-bond acceptors (Lipinski definition) is 4. The largest absolute Gasteiger partial charge is 0.494 e. The zero-order chi connectivity index (χ0) is 12.3. The van der Waals surface area contributed by atoms with Gasteiger partial charge in [-0.15, -0.1) is 0 Å². The van der Waals surface area contributed by atoms with Crippen LogP contribution in [0.4, 0.5) is 0 Å². The van der Waals surface area contributed by atoms with Crippen molar-refractivity contribution in [3.8, 4) is 11.9 Å². The summed E-state index contributed by atoms with van der Waals surface area (Å²) >= 11 is 0. The molecule has 0 fully saturated rings. The Hall–Kier alpha value is -1.80. The van der Waals surface area contributed by atoms with Gasteiger partial charge in [0.1, 0.15) is 11.6 Å². The Morgan fingerprint density at radius 1 is 1.62 bits per heavy atom. The van der Waals surface area contributed by atoms with Crippen LogP contribution in [0.15, 0.2) is 4.79 Å². The van der Waals surface area contributed by atoms with Gasteiger partial charge in [0.25, 0.3) is 5.56 Å². The number of pyridine rings is 1. The summed E-state index contributed by atoms with van der Waals surface area (Å²) in [6.07, 6.45) is 0.311. The summed E-state index contributed by atoms with van der Waals surface area (Å²) in [5.41, 5.74) is 0.383. The van der Waals surface area contributed by atoms with Crippen LogP contribution in [0.2, 0.25) is 0 Å². The summed E-state index contributed by atoms with van der Waals surface area (Å²) in [5, 5.41) is 18.5. The quantitative estimate of drug-likeness (QED) is 0.808. The standard InChI is InChI=1S/C11H14N2O3/c1-4-8(16-3)9-6(2)7(5-12)10(14)13-11(9)15/h8H,4H2,1-3H3,(H2,13,14,15). The van der Waals surface area contributed by atoms with E-state index in [-0.39, 0.29) is 17.5 Å². The predicted octanol–water partition coefficient (Wildman–Crippen LogP) is 1.36. The number of nitriles is 1. The van der Waals surface area contributed by atoms with Gasteiger partial charge in [0.15, 0.2) is 5.88 Å². The molecule has 1 heterocycles. The second-order valence-corrected chi connectivity index (χ2v) is 3.46. The normalized spacial score (nSPS) is 12.1. The molecule has 5 heteroatoms. The van der Waals surface area contributed by atoms with Crippen LogP contribution in [0.3, 0.4) is 0 Å². The minimum absolute atomic E-state index is 0.0169. The molecule has 0 amide bonds. The number of hydrogen-bond donors (Lipinski definition) is 2. The minimum atomic E-state index is -0.577. The number of aromatic hydroxyl groups is 1. The van der Waals surface area contributed by atoms with E-state index in [4.69, 9.17) is 10.00 Å². The molecule has 0 saturated carbocycles. The van der Waals surface area contributed by atoms with E-state index in [2.05, 4.69) is 4.98 Å². The van der Waals surface area contributed by atoms with Gasteiger partial charge in [0.2, 0.25) is 0 Å². The molecule has 0 aliphatic carbocycles. The third-order valence-electron chi connectivity index (χ3n) is 2.58. The first-order chi connectivity index (χ1) is 7.56. The molecule has 1 aromatic heterocycles. The van der Waals surface area contributed by atoms with Gasteiger partial charge in [-0.3, -0.25) is 9.78 Å². The van der Waals surface area contributed by atoms with Gasteiger partial charge in [-0.25, -0.2) is 0 Å². The SMILES string of the molecule is CCC(OC)c1c(O)[nH]c(=O)c(C#N)c1C. The predicted molar refractivity (Wildman–Crippen MR) is 58.2 cm³/mol. The maximum Gasteiger partial charge on any atom is 0.268 e. The molecule has 5 nitrogen and oxygen atoms in total. The molecule has 1 aromatic rings. The van der Waals surface area contributed by atoms with Crippen LogP contribution in [0.5, 0.6) is 5.88 Å². The van der Waals surface area contributed by atoms with E-state index in [9.17, 15) is 9.90 Å². The fraction of sp³-hybridized carbons (Fsp3) is 0.455. The second kappa shape index (κ2) is 4.81. The van der Waals surface area contributed by atoms with E-state index in [1.807, 2.05) is 13.0 Å². The Balaban J connectivity index is 3.52. The van der Waals surface area contributed by atoms with Crippen molar-refractivity contribution < 1.29 is 9.84 Å². The van der Waals surface area contributed by atoms with E-state index in [1.165, 1.54) is 7.11 Å². The summed E-state index contributed by atoms with van der Waals surface area (Å²) in [6.45, 7) is 3.52. The van der Waals surface area contributed by atoms with Gasteiger partial charge in [-0.05, 0) is 18.9 Å². The van der Waals surface area contributed by atoms with E-state index in [1.54, 1.807) is 6.92 Å². The minimum Gasteiger partial charge on any atom is -0.494 e. The van der Waals surface area contributed by atoms with Crippen molar-refractivity contribution in [1.29, 1.82) is 5.26 Å². The Morgan fingerprint density at radius 2 is 2.25 bits per heavy atom. The first kappa shape index (κ1) is 12.3. The van der Waals surface area contributed by atoms with Gasteiger partial charge in [-0.1, -0.05) is 6.92 Å². The summed E-state index contributed by atoms with van der Waals surface area (Å²) in [7, 11) is 1.52. The van der Waals surface area contributed by atoms with Crippen molar-refractivity contribution in [1.82, 2.24) is 4.98 Å². The number of nitrogens with one attached hydrogen (secondary N) is 1. The molecule has 1 rings (SSSR count). The molecule has 0 bridgehead atoms. The zero-order valence-corrected chi connectivity index (χ0v) is 9.50. The molecule has 0 aliphatic rings. The summed E-state index contributed by atoms with van der Waals surface area (Å²) in [4.78, 5) is 13.6. The Morgan fingerprint density at radius 3 is 2.69 bits per heavy atom. The maximum atomic E-state index is 11.4. The highest BCUT2D eigenvalue weighted by molar-refractivity contribution is 5.45. The van der Waals surface area contributed by atoms with Gasteiger partial charge < -0.3 is 9.84 Å². The van der Waals surface area contributed by atoms with Gasteiger partial charge >= 0.3 is 0 Å². The van der Waals surface area contributed by atoms with Crippen LogP contribution in [0, 0.1) is 18.3 Å². The highest BCUT2D eigenvalue weighted by Gasteiger charge is 2.20. The van der Waals surface area contributed by atoms with Crippen molar-refractivity contribution >= 4 is 0 Å². The van der Waals surface area contributed by atoms with Crippen LogP contribution in [0.1, 0.15) is 36.1 Å². The lowest BCUT2D eigenvalue weighted by molar-refractivity contribution is 0.0965. The average molecular weight is 222 g/mol. The second-order valence-electron chi connectivity index (χ2n) is 3.46. The molecule has 0 spiro atoms. The van der Waals surface area contributed by atoms with E-state index < -0.39 is 5.56 Å². The highest BCUT2D eigenvalue weighted by atomic mass is 16.5. The highest BCUT2D eigenvalue weighted by Crippen LogP contribution is 2.30. The molecular formula is C11H14N2O3. The number of rotatable bonds is 3. The number of nitrogens with zero attached hydrogens (tertiary/aromatic N) is 1. The molecular weight excluding hydrogens is 208 g/mol. The Bertz CT molecular complexity index is 481. The van der Waals surface area contributed by atoms with E-state index in [0.29, 0.717) is 17.5 Å². The molecule has 0 saturated heterocycles. The molecule has 0 aliphatic heterocycles. The van der Waals surface area contributed by atoms with E-state index in [0.717, 1.165) is 0 Å². The Labute approximate surface area is 93.3 Å². The van der Waals surface area contributed by atoms with Crippen LogP contribution in [-0.4, -0.2) is 17.2 Å². The van der Waals surface area contributed by atoms with Crippen molar-refractivity contribution in [3.63, 3.8) is 0 Å². The summed E-state index contributed by atoms with van der Waals surface area (Å²) in [5.74, 6) is -0.227. The average Bonchev–Trinajstić information content (AvgIpc) is 2.24. The molecule has 0 aromatic carbocycles. The van der Waals surface area contributed by atoms with Crippen LogP contribution in [-0.2, 0) is 4.74 Å². The van der Waals surface area contributed by atoms with E-state index >= 15 is 0 Å². The third-order valence-corrected chi connectivity index (χ3v) is 2.58. The topological polar surface area (TPSA) is 86.1 Å². The van der Waals surface area contributed by atoms with Gasteiger partial charge in [-0.2, -0.15) is 5.26 Å². The number of aromatic amines is 1. The van der Waals surface area contributed by atoms with Crippen LogP contribution < -0.4 is 5.56 Å². The molecule has 16 heavy (non-hydrogen) atoms. The fourth-order valence-corrected chi connectivity index (χ4v) is 1.74. The lowest BCUT2D eigenvalue weighted by Gasteiger charge is -2.17. The molecule has 0 radical (unpaired) electrons. The van der Waals surface area contributed by atoms with Crippen molar-refractivity contribution in [2.24, 2.45) is 0 Å².